The molecule has 0 rings (SSSR count). The zero-order chi connectivity index (χ0) is 19.5. The average molecular weight is 361 g/mol. The van der Waals surface area contributed by atoms with Gasteiger partial charge in [0.2, 0.25) is 0 Å². The third-order valence-corrected chi connectivity index (χ3v) is 4.75. The van der Waals surface area contributed by atoms with Gasteiger partial charge in [-0.05, 0) is 56.8 Å². The van der Waals surface area contributed by atoms with E-state index in [2.05, 4.69) is 69.4 Å². The van der Waals surface area contributed by atoms with Gasteiger partial charge < -0.3 is 5.11 Å². The van der Waals surface area contributed by atoms with Crippen molar-refractivity contribution < 1.29 is 9.90 Å². The van der Waals surface area contributed by atoms with Gasteiger partial charge in [-0.1, -0.05) is 82.2 Å². The molecule has 0 spiro atoms. The summed E-state index contributed by atoms with van der Waals surface area (Å²) in [6.45, 7) is 6.59. The van der Waals surface area contributed by atoms with Gasteiger partial charge in [0.1, 0.15) is 0 Å². The molecule has 0 radical (unpaired) electrons. The van der Waals surface area contributed by atoms with Crippen molar-refractivity contribution in [3.05, 3.63) is 48.6 Å². The lowest BCUT2D eigenvalue weighted by molar-refractivity contribution is -0.137. The topological polar surface area (TPSA) is 37.3 Å². The van der Waals surface area contributed by atoms with E-state index < -0.39 is 5.97 Å². The van der Waals surface area contributed by atoms with Crippen molar-refractivity contribution in [2.75, 3.05) is 0 Å². The number of unbranched alkanes of at least 4 members (excludes halogenated alkanes) is 3. The fourth-order valence-electron chi connectivity index (χ4n) is 2.62. The highest BCUT2D eigenvalue weighted by atomic mass is 16.4. The smallest absolute Gasteiger partial charge is 0.303 e. The van der Waals surface area contributed by atoms with Gasteiger partial charge in [-0.2, -0.15) is 0 Å². The van der Waals surface area contributed by atoms with Crippen molar-refractivity contribution in [2.45, 2.75) is 85.0 Å². The van der Waals surface area contributed by atoms with E-state index in [0.717, 1.165) is 32.1 Å². The van der Waals surface area contributed by atoms with Crippen molar-refractivity contribution >= 4 is 5.97 Å². The fraction of sp³-hybridized carbons (Fsp3) is 0.625. The van der Waals surface area contributed by atoms with E-state index in [-0.39, 0.29) is 6.42 Å². The number of aliphatic carboxylic acids is 1. The lowest BCUT2D eigenvalue weighted by Crippen LogP contribution is -2.09. The summed E-state index contributed by atoms with van der Waals surface area (Å²) in [5, 5.41) is 8.73. The van der Waals surface area contributed by atoms with Gasteiger partial charge in [0.15, 0.2) is 0 Å². The molecular weight excluding hydrogens is 320 g/mol. The maximum Gasteiger partial charge on any atom is 0.303 e. The number of carboxylic acids is 1. The third-order valence-electron chi connectivity index (χ3n) is 4.75. The Labute approximate surface area is 161 Å². The summed E-state index contributed by atoms with van der Waals surface area (Å²) in [6.07, 6.45) is 28.1. The SMILES string of the molecule is CCCCC/C=C\C/C=C\C/C=C\C/C=C\CC(C)C(C)CCC(=O)O. The third kappa shape index (κ3) is 17.3. The van der Waals surface area contributed by atoms with E-state index in [0.29, 0.717) is 11.8 Å². The molecule has 0 aliphatic rings. The zero-order valence-corrected chi connectivity index (χ0v) is 17.2. The molecule has 2 nitrogen and oxygen atoms in total. The first kappa shape index (κ1) is 24.4. The number of hydrogen-bond donors (Lipinski definition) is 1. The van der Waals surface area contributed by atoms with Crippen LogP contribution in [0.25, 0.3) is 0 Å². The Morgan fingerprint density at radius 1 is 0.808 bits per heavy atom. The molecule has 0 aromatic rings. The molecular formula is C24H40O2. The number of carbonyl (C=O) groups is 1. The van der Waals surface area contributed by atoms with E-state index in [1.54, 1.807) is 0 Å². The Hall–Kier alpha value is -1.57. The fourth-order valence-corrected chi connectivity index (χ4v) is 2.62. The molecule has 2 heteroatoms. The Morgan fingerprint density at radius 3 is 1.88 bits per heavy atom. The quantitative estimate of drug-likeness (QED) is 0.229. The summed E-state index contributed by atoms with van der Waals surface area (Å²) in [5.74, 6) is 0.298. The Morgan fingerprint density at radius 2 is 1.35 bits per heavy atom. The van der Waals surface area contributed by atoms with Crippen LogP contribution in [0.1, 0.15) is 85.0 Å². The van der Waals surface area contributed by atoms with Crippen LogP contribution in [0.5, 0.6) is 0 Å². The van der Waals surface area contributed by atoms with Gasteiger partial charge in [0.25, 0.3) is 0 Å². The van der Waals surface area contributed by atoms with Gasteiger partial charge >= 0.3 is 5.97 Å². The van der Waals surface area contributed by atoms with E-state index >= 15 is 0 Å². The minimum atomic E-state index is -0.693. The number of allylic oxidation sites excluding steroid dienone is 8. The lowest BCUT2D eigenvalue weighted by atomic mass is 9.89. The average Bonchev–Trinajstić information content (AvgIpc) is 2.62. The van der Waals surface area contributed by atoms with E-state index in [9.17, 15) is 4.79 Å². The minimum Gasteiger partial charge on any atom is -0.481 e. The van der Waals surface area contributed by atoms with Crippen molar-refractivity contribution in [1.29, 1.82) is 0 Å². The zero-order valence-electron chi connectivity index (χ0n) is 17.2. The molecule has 0 aliphatic carbocycles. The monoisotopic (exact) mass is 360 g/mol. The normalized spacial score (nSPS) is 14.9. The van der Waals surface area contributed by atoms with E-state index in [1.807, 2.05) is 0 Å². The predicted octanol–water partition coefficient (Wildman–Crippen LogP) is 7.49. The number of carboxylic acid groups (broad SMARTS) is 1. The number of hydrogen-bond acceptors (Lipinski definition) is 1. The summed E-state index contributed by atoms with van der Waals surface area (Å²) >= 11 is 0. The standard InChI is InChI=1S/C24H40O2/c1-4-5-6-7-8-9-10-11-12-13-14-15-16-17-18-19-22(2)23(3)20-21-24(25)26/h8-9,11-12,14-15,17-18,22-23H,4-7,10,13,16,19-21H2,1-3H3,(H,25,26)/b9-8-,12-11-,15-14-,18-17-. The van der Waals surface area contributed by atoms with Crippen LogP contribution < -0.4 is 0 Å². The van der Waals surface area contributed by atoms with Crippen LogP contribution in [0.2, 0.25) is 0 Å². The van der Waals surface area contributed by atoms with Crippen LogP contribution in [0, 0.1) is 11.8 Å². The highest BCUT2D eigenvalue weighted by Crippen LogP contribution is 2.20. The first-order valence-corrected chi connectivity index (χ1v) is 10.4. The van der Waals surface area contributed by atoms with Gasteiger partial charge in [-0.3, -0.25) is 4.79 Å². The van der Waals surface area contributed by atoms with Gasteiger partial charge in [0.05, 0.1) is 0 Å². The van der Waals surface area contributed by atoms with Crippen molar-refractivity contribution in [3.63, 3.8) is 0 Å². The molecule has 0 fully saturated rings. The molecule has 1 N–H and O–H groups in total. The largest absolute Gasteiger partial charge is 0.481 e. The number of rotatable bonds is 16. The summed E-state index contributed by atoms with van der Waals surface area (Å²) in [7, 11) is 0. The first-order chi connectivity index (χ1) is 12.6. The molecule has 0 aromatic heterocycles. The highest BCUT2D eigenvalue weighted by Gasteiger charge is 2.12. The molecule has 0 saturated heterocycles. The van der Waals surface area contributed by atoms with Crippen molar-refractivity contribution in [2.24, 2.45) is 11.8 Å². The lowest BCUT2D eigenvalue weighted by Gasteiger charge is -2.17. The molecule has 148 valence electrons. The molecule has 0 amide bonds. The maximum atomic E-state index is 10.6. The van der Waals surface area contributed by atoms with Crippen LogP contribution in [0.15, 0.2) is 48.6 Å². The molecule has 0 aliphatic heterocycles. The summed E-state index contributed by atoms with van der Waals surface area (Å²) < 4.78 is 0. The van der Waals surface area contributed by atoms with E-state index in [1.165, 1.54) is 25.7 Å². The molecule has 0 bridgehead atoms. The van der Waals surface area contributed by atoms with Gasteiger partial charge in [0, 0.05) is 6.42 Å². The van der Waals surface area contributed by atoms with Crippen LogP contribution in [-0.4, -0.2) is 11.1 Å². The molecule has 2 unspecified atom stereocenters. The second-order valence-electron chi connectivity index (χ2n) is 7.21. The molecule has 0 saturated carbocycles. The second kappa shape index (κ2) is 18.2. The summed E-state index contributed by atoms with van der Waals surface area (Å²) in [6, 6.07) is 0. The maximum absolute atomic E-state index is 10.6. The first-order valence-electron chi connectivity index (χ1n) is 10.4. The van der Waals surface area contributed by atoms with Crippen LogP contribution in [0.3, 0.4) is 0 Å². The van der Waals surface area contributed by atoms with Crippen molar-refractivity contribution in [1.82, 2.24) is 0 Å². The van der Waals surface area contributed by atoms with Gasteiger partial charge in [-0.25, -0.2) is 0 Å². The van der Waals surface area contributed by atoms with Crippen molar-refractivity contribution in [3.8, 4) is 0 Å². The van der Waals surface area contributed by atoms with Crippen LogP contribution >= 0.6 is 0 Å². The predicted molar refractivity (Wildman–Crippen MR) is 114 cm³/mol. The minimum absolute atomic E-state index is 0.278. The van der Waals surface area contributed by atoms with Crippen LogP contribution in [-0.2, 0) is 4.79 Å². The summed E-state index contributed by atoms with van der Waals surface area (Å²) in [4.78, 5) is 10.6. The Balaban J connectivity index is 3.66. The van der Waals surface area contributed by atoms with Gasteiger partial charge in [-0.15, -0.1) is 0 Å². The molecule has 0 aromatic carbocycles. The van der Waals surface area contributed by atoms with Crippen LogP contribution in [0.4, 0.5) is 0 Å². The Bertz CT molecular complexity index is 443. The molecule has 26 heavy (non-hydrogen) atoms. The molecule has 0 heterocycles. The molecule has 2 atom stereocenters. The second-order valence-corrected chi connectivity index (χ2v) is 7.21. The highest BCUT2D eigenvalue weighted by molar-refractivity contribution is 5.66. The Kier molecular flexibility index (Phi) is 17.1. The van der Waals surface area contributed by atoms with E-state index in [4.69, 9.17) is 5.11 Å². The summed E-state index contributed by atoms with van der Waals surface area (Å²) in [5.41, 5.74) is 0.